The largest absolute Gasteiger partial charge is 0.481 e. The number of carbonyl (C=O) groups is 9. The Balaban J connectivity index is 4.79. The quantitative estimate of drug-likeness (QED) is 0.0376. The van der Waals surface area contributed by atoms with Crippen LogP contribution in [0.5, 0.6) is 0 Å². The van der Waals surface area contributed by atoms with E-state index in [1.54, 1.807) is 0 Å². The van der Waals surface area contributed by atoms with Crippen LogP contribution in [-0.2, 0) is 163 Å². The first-order chi connectivity index (χ1) is 34.5. The molecule has 0 radical (unpaired) electrons. The molecule has 0 aliphatic heterocycles. The van der Waals surface area contributed by atoms with Gasteiger partial charge in [-0.3, -0.25) is 61.2 Å². The summed E-state index contributed by atoms with van der Waals surface area (Å²) in [7, 11) is -22.1. The van der Waals surface area contributed by atoms with Crippen molar-refractivity contribution in [3.63, 3.8) is 0 Å². The summed E-state index contributed by atoms with van der Waals surface area (Å²) in [5.74, 6) is -9.86. The lowest BCUT2D eigenvalue weighted by atomic mass is 9.84. The topological polar surface area (TPSA) is 425 Å². The highest BCUT2D eigenvalue weighted by molar-refractivity contribution is 7.49. The van der Waals surface area contributed by atoms with Crippen molar-refractivity contribution in [3.05, 3.63) is 0 Å². The van der Waals surface area contributed by atoms with E-state index < -0.39 is 182 Å². The van der Waals surface area contributed by atoms with Crippen LogP contribution in [0.4, 0.5) is 0 Å². The highest BCUT2D eigenvalue weighted by Gasteiger charge is 2.63. The summed E-state index contributed by atoms with van der Waals surface area (Å²) in [6.45, 7) is -2.39. The Morgan fingerprint density at radius 1 is 0.324 bits per heavy atom. The van der Waals surface area contributed by atoms with Gasteiger partial charge in [0.2, 0.25) is 54.3 Å². The summed E-state index contributed by atoms with van der Waals surface area (Å²) in [5, 5.41) is 0. The summed E-state index contributed by atoms with van der Waals surface area (Å²) in [5.41, 5.74) is 0. The van der Waals surface area contributed by atoms with E-state index in [9.17, 15) is 61.4 Å². The minimum Gasteiger partial charge on any atom is -0.457 e. The molecular formula is C35H56O35P4. The van der Waals surface area contributed by atoms with Gasteiger partial charge >= 0.3 is 85.0 Å². The number of rotatable bonds is 36. The van der Waals surface area contributed by atoms with Gasteiger partial charge in [-0.05, 0) is 6.42 Å². The van der Waals surface area contributed by atoms with E-state index in [-0.39, 0.29) is 6.42 Å². The Morgan fingerprint density at radius 3 is 0.689 bits per heavy atom. The maximum atomic E-state index is 14.8. The summed E-state index contributed by atoms with van der Waals surface area (Å²) < 4.78 is 172. The molecule has 1 aliphatic carbocycles. The Labute approximate surface area is 420 Å². The lowest BCUT2D eigenvalue weighted by Crippen LogP contribution is -2.67. The molecule has 6 atom stereocenters. The van der Waals surface area contributed by atoms with Gasteiger partial charge in [0.15, 0.2) is 6.10 Å². The van der Waals surface area contributed by atoms with Crippen molar-refractivity contribution in [2.45, 2.75) is 112 Å². The predicted molar refractivity (Wildman–Crippen MR) is 227 cm³/mol. The van der Waals surface area contributed by atoms with E-state index in [2.05, 4.69) is 0 Å². The summed E-state index contributed by atoms with van der Waals surface area (Å²) in [6.07, 6.45) is -16.3. The van der Waals surface area contributed by atoms with Crippen LogP contribution in [0.2, 0.25) is 0 Å². The maximum absolute atomic E-state index is 14.8. The molecule has 0 N–H and O–H groups in total. The van der Waals surface area contributed by atoms with Crippen LogP contribution in [0.1, 0.15) is 75.2 Å². The van der Waals surface area contributed by atoms with Gasteiger partial charge in [0, 0.05) is 68.9 Å². The number of esters is 9. The fourth-order valence-corrected chi connectivity index (χ4v) is 9.19. The van der Waals surface area contributed by atoms with Crippen LogP contribution in [0.15, 0.2) is 0 Å². The monoisotopic (exact) mass is 1160 g/mol. The van der Waals surface area contributed by atoms with Crippen molar-refractivity contribution < 1.29 is 163 Å². The zero-order chi connectivity index (χ0) is 56.3. The van der Waals surface area contributed by atoms with Gasteiger partial charge < -0.3 is 47.4 Å². The maximum Gasteiger partial charge on any atom is 0.481 e. The molecule has 0 unspecified atom stereocenters. The number of phosphoric ester groups is 4. The molecule has 1 saturated carbocycles. The van der Waals surface area contributed by atoms with Gasteiger partial charge in [0.1, 0.15) is 30.5 Å². The number of hydrogen-bond acceptors (Lipinski definition) is 35. The third-order valence-electron chi connectivity index (χ3n) is 7.72. The van der Waals surface area contributed by atoms with Crippen LogP contribution in [-0.4, -0.2) is 152 Å². The SMILES string of the molecule is CCCC(=O)O[C@H]1[C@@H](OC)[C@H](OP(=O)(OCOC(C)=O)OCOC(C)=O)[C@@H](OP(=O)(OCOC(C)=O)OCOC(C)=O)[C@H](OP(=O)(OCOC(C)=O)OCOC(C)=O)[C@H]1OP(=O)(OCOC(C)=O)OCOC(C)=O. The second-order valence-electron chi connectivity index (χ2n) is 13.5. The molecule has 0 heterocycles. The number of hydrogen-bond donors (Lipinski definition) is 0. The molecule has 426 valence electrons. The summed E-state index contributed by atoms with van der Waals surface area (Å²) in [6, 6.07) is 0. The molecule has 39 heteroatoms. The summed E-state index contributed by atoms with van der Waals surface area (Å²) >= 11 is 0. The molecule has 35 nitrogen and oxygen atoms in total. The fraction of sp³-hybridized carbons (Fsp3) is 0.743. The molecule has 0 amide bonds. The fourth-order valence-electron chi connectivity index (χ4n) is 4.80. The number of carbonyl (C=O) groups excluding carboxylic acids is 9. The minimum atomic E-state index is -5.80. The molecule has 0 aromatic carbocycles. The van der Waals surface area contributed by atoms with Crippen molar-refractivity contribution in [1.29, 1.82) is 0 Å². The molecular weight excluding hydrogens is 1100 g/mol. The van der Waals surface area contributed by atoms with Crippen molar-refractivity contribution in [1.82, 2.24) is 0 Å². The van der Waals surface area contributed by atoms with E-state index in [1.807, 2.05) is 0 Å². The number of ether oxygens (including phenoxy) is 10. The van der Waals surface area contributed by atoms with Crippen LogP contribution < -0.4 is 0 Å². The van der Waals surface area contributed by atoms with E-state index in [0.29, 0.717) is 0 Å². The van der Waals surface area contributed by atoms with E-state index in [4.69, 9.17) is 102 Å². The normalized spacial score (nSPS) is 19.0. The van der Waals surface area contributed by atoms with Gasteiger partial charge in [-0.2, -0.15) is 0 Å². The first kappa shape index (κ1) is 67.6. The third kappa shape index (κ3) is 27.4. The Morgan fingerprint density at radius 2 is 0.514 bits per heavy atom. The molecule has 74 heavy (non-hydrogen) atoms. The van der Waals surface area contributed by atoms with Gasteiger partial charge in [-0.1, -0.05) is 6.92 Å². The minimum absolute atomic E-state index is 0.0185. The first-order valence-electron chi connectivity index (χ1n) is 20.6. The van der Waals surface area contributed by atoms with E-state index in [0.717, 1.165) is 62.5 Å². The van der Waals surface area contributed by atoms with Gasteiger partial charge in [-0.15, -0.1) is 0 Å². The highest BCUT2D eigenvalue weighted by Crippen LogP contribution is 2.62. The second kappa shape index (κ2) is 33.6. The Bertz CT molecular complexity index is 2000. The van der Waals surface area contributed by atoms with Gasteiger partial charge in [0.05, 0.1) is 0 Å². The van der Waals surface area contributed by atoms with Crippen LogP contribution in [0.25, 0.3) is 0 Å². The standard InChI is InChI=1S/C35H56O35P4/c1-11-12-29(44)66-31-30(49-10)32(67-71(45,58-13-50-21(2)36)59-14-51-22(3)37)34(69-73(47,62-17-54-25(6)40)63-18-55-26(7)41)35(70-74(48,64-19-56-27(8)42)65-20-57-28(9)43)33(31)68-72(46,60-15-52-23(4)38)61-16-53-24(5)39/h30-35H,11-20H2,1-10H3/t30-,31+,32+,33+,34-,35-/m1/s1. The molecule has 1 aliphatic rings. The first-order valence-corrected chi connectivity index (χ1v) is 26.4. The van der Waals surface area contributed by atoms with Crippen LogP contribution in [0, 0.1) is 0 Å². The molecule has 1 fully saturated rings. The third-order valence-corrected chi connectivity index (χ3v) is 13.1. The van der Waals surface area contributed by atoms with Crippen molar-refractivity contribution in [2.24, 2.45) is 0 Å². The number of methoxy groups -OCH3 is 1. The van der Waals surface area contributed by atoms with Gasteiger partial charge in [-0.25, -0.2) is 54.5 Å². The van der Waals surface area contributed by atoms with Crippen molar-refractivity contribution in [2.75, 3.05) is 61.5 Å². The zero-order valence-corrected chi connectivity index (χ0v) is 44.7. The van der Waals surface area contributed by atoms with Gasteiger partial charge in [0.25, 0.3) is 0 Å². The predicted octanol–water partition coefficient (Wildman–Crippen LogP) is 3.00. The molecule has 1 rings (SSSR count). The van der Waals surface area contributed by atoms with Crippen molar-refractivity contribution >= 4 is 85.0 Å². The summed E-state index contributed by atoms with van der Waals surface area (Å²) in [4.78, 5) is 108. The smallest absolute Gasteiger partial charge is 0.457 e. The Kier molecular flexibility index (Phi) is 30.7. The van der Waals surface area contributed by atoms with Crippen LogP contribution in [0.3, 0.4) is 0 Å². The highest BCUT2D eigenvalue weighted by atomic mass is 31.2. The lowest BCUT2D eigenvalue weighted by Gasteiger charge is -2.49. The van der Waals surface area contributed by atoms with E-state index >= 15 is 0 Å². The molecule has 0 aromatic heterocycles. The van der Waals surface area contributed by atoms with Crippen molar-refractivity contribution in [3.8, 4) is 0 Å². The Hall–Kier alpha value is -4.37. The average molecular weight is 1160 g/mol. The zero-order valence-electron chi connectivity index (χ0n) is 41.1. The molecule has 0 aromatic rings. The molecule has 0 bridgehead atoms. The second-order valence-corrected chi connectivity index (χ2v) is 20.0. The van der Waals surface area contributed by atoms with Crippen LogP contribution >= 0.6 is 31.3 Å². The lowest BCUT2D eigenvalue weighted by molar-refractivity contribution is -0.234. The van der Waals surface area contributed by atoms with E-state index in [1.165, 1.54) is 6.92 Å². The average Bonchev–Trinajstić information content (AvgIpc) is 3.25. The number of phosphoric acid groups is 4. The molecule has 0 spiro atoms. The molecule has 0 saturated heterocycles.